The highest BCUT2D eigenvalue weighted by Gasteiger charge is 2.16. The molecule has 3 rings (SSSR count). The van der Waals surface area contributed by atoms with Gasteiger partial charge in [0, 0.05) is 10.4 Å². The van der Waals surface area contributed by atoms with Crippen molar-refractivity contribution in [3.63, 3.8) is 0 Å². The second kappa shape index (κ2) is 9.21. The molecule has 0 aliphatic heterocycles. The Morgan fingerprint density at radius 2 is 1.97 bits per heavy atom. The van der Waals surface area contributed by atoms with Gasteiger partial charge in [-0.3, -0.25) is 4.79 Å². The minimum atomic E-state index is -1.03. The van der Waals surface area contributed by atoms with Gasteiger partial charge in [-0.1, -0.05) is 29.8 Å². The maximum absolute atomic E-state index is 13.1. The van der Waals surface area contributed by atoms with E-state index in [0.29, 0.717) is 22.5 Å². The highest BCUT2D eigenvalue weighted by Crippen LogP contribution is 2.21. The second-order valence-corrected chi connectivity index (χ2v) is 7.89. The Morgan fingerprint density at radius 3 is 2.60 bits per heavy atom. The van der Waals surface area contributed by atoms with Crippen LogP contribution >= 0.6 is 15.9 Å². The molecule has 0 aliphatic rings. The number of aromatic nitrogens is 2. The van der Waals surface area contributed by atoms with Gasteiger partial charge in [-0.15, -0.1) is 0 Å². The summed E-state index contributed by atoms with van der Waals surface area (Å²) in [5.74, 6) is 0.0600. The van der Waals surface area contributed by atoms with Gasteiger partial charge in [0.05, 0.1) is 17.1 Å². The van der Waals surface area contributed by atoms with Crippen LogP contribution in [0.25, 0.3) is 10.9 Å². The number of benzene rings is 2. The van der Waals surface area contributed by atoms with Crippen molar-refractivity contribution in [1.29, 1.82) is 0 Å². The van der Waals surface area contributed by atoms with Crippen LogP contribution in [0.3, 0.4) is 0 Å². The van der Waals surface area contributed by atoms with E-state index in [4.69, 9.17) is 9.84 Å². The Hall–Kier alpha value is -3.00. The van der Waals surface area contributed by atoms with E-state index in [1.54, 1.807) is 36.5 Å². The summed E-state index contributed by atoms with van der Waals surface area (Å²) < 4.78 is 7.47. The van der Waals surface area contributed by atoms with Crippen LogP contribution in [0, 0.1) is 0 Å². The number of nitrogens with zero attached hydrogens (tertiary/aromatic N) is 3. The molecule has 0 spiro atoms. The molecular weight excluding hydrogens is 450 g/mol. The predicted octanol–water partition coefficient (Wildman–Crippen LogP) is 4.41. The maximum Gasteiger partial charge on any atom is 0.344 e. The fraction of sp³-hybridized carbons (Fsp3) is 0.273. The first-order valence-electron chi connectivity index (χ1n) is 9.56. The molecule has 1 aromatic heterocycles. The molecule has 0 unspecified atom stereocenters. The molecule has 8 heteroatoms. The summed E-state index contributed by atoms with van der Waals surface area (Å²) in [5.41, 5.74) is 1.14. The molecule has 0 saturated carbocycles. The quantitative estimate of drug-likeness (QED) is 0.515. The summed E-state index contributed by atoms with van der Waals surface area (Å²) in [6.45, 7) is 5.51. The van der Waals surface area contributed by atoms with Gasteiger partial charge < -0.3 is 9.84 Å². The molecule has 7 nitrogen and oxygen atoms in total. The third-order valence-electron chi connectivity index (χ3n) is 4.75. The van der Waals surface area contributed by atoms with E-state index < -0.39 is 12.1 Å². The van der Waals surface area contributed by atoms with Gasteiger partial charge in [0.1, 0.15) is 11.6 Å². The lowest BCUT2D eigenvalue weighted by Crippen LogP contribution is -2.23. The molecule has 2 atom stereocenters. The highest BCUT2D eigenvalue weighted by atomic mass is 79.9. The van der Waals surface area contributed by atoms with Crippen molar-refractivity contribution >= 4 is 39.0 Å². The topological polar surface area (TPSA) is 93.8 Å². The van der Waals surface area contributed by atoms with Crippen molar-refractivity contribution in [2.45, 2.75) is 39.2 Å². The van der Waals surface area contributed by atoms with Gasteiger partial charge in [0.25, 0.3) is 5.56 Å². The second-order valence-electron chi connectivity index (χ2n) is 6.97. The molecule has 0 amide bonds. The zero-order chi connectivity index (χ0) is 21.8. The molecule has 1 heterocycles. The number of rotatable bonds is 7. The van der Waals surface area contributed by atoms with Crippen molar-refractivity contribution in [1.82, 2.24) is 9.66 Å². The molecule has 1 N–H and O–H groups in total. The average molecular weight is 472 g/mol. The number of carboxylic acid groups (broad SMARTS) is 1. The van der Waals surface area contributed by atoms with Gasteiger partial charge >= 0.3 is 5.97 Å². The van der Waals surface area contributed by atoms with Crippen LogP contribution in [-0.2, 0) is 4.79 Å². The number of halogens is 1. The van der Waals surface area contributed by atoms with Crippen molar-refractivity contribution in [3.8, 4) is 5.75 Å². The molecule has 30 heavy (non-hydrogen) atoms. The lowest BCUT2D eigenvalue weighted by Gasteiger charge is -2.14. The lowest BCUT2D eigenvalue weighted by molar-refractivity contribution is -0.144. The monoisotopic (exact) mass is 471 g/mol. The number of carboxylic acids is 1. The largest absolute Gasteiger partial charge is 0.479 e. The minimum Gasteiger partial charge on any atom is -0.479 e. The van der Waals surface area contributed by atoms with Crippen LogP contribution in [0.4, 0.5) is 0 Å². The van der Waals surface area contributed by atoms with Crippen LogP contribution in [0.15, 0.2) is 56.8 Å². The fourth-order valence-electron chi connectivity index (χ4n) is 2.79. The minimum absolute atomic E-state index is 0.0520. The normalized spacial score (nSPS) is 13.5. The molecule has 0 fully saturated rings. The van der Waals surface area contributed by atoms with E-state index >= 15 is 0 Å². The van der Waals surface area contributed by atoms with E-state index in [-0.39, 0.29) is 11.5 Å². The predicted molar refractivity (Wildman–Crippen MR) is 120 cm³/mol. The summed E-state index contributed by atoms with van der Waals surface area (Å²) >= 11 is 3.40. The number of fused-ring (bicyclic) bond motifs is 1. The third-order valence-corrected chi connectivity index (χ3v) is 5.24. The van der Waals surface area contributed by atoms with Crippen LogP contribution in [0.2, 0.25) is 0 Å². The standard InChI is InChI=1S/C22H22BrN3O4/c1-4-13(2)20-25-19-10-7-16(23)11-18(19)21(27)26(20)24-12-15-5-8-17(9-6-15)30-14(3)22(28)29/h5-14H,4H2,1-3H3,(H,28,29)/t13-,14+/m1/s1. The average Bonchev–Trinajstić information content (AvgIpc) is 2.73. The SMILES string of the molecule is CC[C@@H](C)c1nc2ccc(Br)cc2c(=O)n1N=Cc1ccc(O[C@@H](C)C(=O)O)cc1. The Morgan fingerprint density at radius 1 is 1.27 bits per heavy atom. The van der Waals surface area contributed by atoms with Crippen LogP contribution in [0.5, 0.6) is 5.75 Å². The van der Waals surface area contributed by atoms with E-state index in [1.807, 2.05) is 26.0 Å². The van der Waals surface area contributed by atoms with E-state index in [0.717, 1.165) is 16.5 Å². The number of carbonyl (C=O) groups is 1. The Labute approximate surface area is 182 Å². The number of hydrogen-bond acceptors (Lipinski definition) is 5. The Kier molecular flexibility index (Phi) is 6.66. The maximum atomic E-state index is 13.1. The molecule has 156 valence electrons. The summed E-state index contributed by atoms with van der Waals surface area (Å²) in [7, 11) is 0. The molecule has 0 aliphatic carbocycles. The van der Waals surface area contributed by atoms with E-state index in [1.165, 1.54) is 11.6 Å². The molecule has 3 aromatic rings. The molecular formula is C22H22BrN3O4. The first-order chi connectivity index (χ1) is 14.3. The number of aliphatic carboxylic acids is 1. The van der Waals surface area contributed by atoms with Crippen molar-refractivity contribution in [2.75, 3.05) is 0 Å². The van der Waals surface area contributed by atoms with Gasteiger partial charge in [-0.05, 0) is 61.4 Å². The molecule has 2 aromatic carbocycles. The zero-order valence-corrected chi connectivity index (χ0v) is 18.5. The number of hydrogen-bond donors (Lipinski definition) is 1. The molecule has 0 bridgehead atoms. The summed E-state index contributed by atoms with van der Waals surface area (Å²) in [4.78, 5) is 28.7. The van der Waals surface area contributed by atoms with Gasteiger partial charge in [0.2, 0.25) is 0 Å². The van der Waals surface area contributed by atoms with Crippen LogP contribution in [-0.4, -0.2) is 33.1 Å². The van der Waals surface area contributed by atoms with Crippen molar-refractivity contribution in [2.24, 2.45) is 5.10 Å². The zero-order valence-electron chi connectivity index (χ0n) is 16.9. The van der Waals surface area contributed by atoms with Crippen molar-refractivity contribution < 1.29 is 14.6 Å². The highest BCUT2D eigenvalue weighted by molar-refractivity contribution is 9.10. The summed E-state index contributed by atoms with van der Waals surface area (Å²) in [6, 6.07) is 12.2. The van der Waals surface area contributed by atoms with Gasteiger partial charge in [-0.2, -0.15) is 9.78 Å². The molecule has 0 radical (unpaired) electrons. The van der Waals surface area contributed by atoms with E-state index in [2.05, 4.69) is 26.0 Å². The van der Waals surface area contributed by atoms with Crippen molar-refractivity contribution in [3.05, 3.63) is 68.7 Å². The van der Waals surface area contributed by atoms with E-state index in [9.17, 15) is 9.59 Å². The number of ether oxygens (including phenoxy) is 1. The fourth-order valence-corrected chi connectivity index (χ4v) is 3.15. The van der Waals surface area contributed by atoms with Crippen LogP contribution < -0.4 is 10.3 Å². The Bertz CT molecular complexity index is 1160. The summed E-state index contributed by atoms with van der Waals surface area (Å²) in [6.07, 6.45) is 1.45. The lowest BCUT2D eigenvalue weighted by atomic mass is 10.1. The third kappa shape index (κ3) is 4.76. The smallest absolute Gasteiger partial charge is 0.344 e. The van der Waals surface area contributed by atoms with Gasteiger partial charge in [-0.25, -0.2) is 9.78 Å². The first kappa shape index (κ1) is 21.7. The summed E-state index contributed by atoms with van der Waals surface area (Å²) in [5, 5.41) is 13.8. The first-order valence-corrected chi connectivity index (χ1v) is 10.4. The Balaban J connectivity index is 1.97. The van der Waals surface area contributed by atoms with Gasteiger partial charge in [0.15, 0.2) is 6.10 Å². The van der Waals surface area contributed by atoms with Crippen LogP contribution in [0.1, 0.15) is 44.5 Å². The molecule has 0 saturated heterocycles.